The molecule has 28 heavy (non-hydrogen) atoms. The number of hydrogen-bond donors (Lipinski definition) is 1. The van der Waals surface area contributed by atoms with Crippen LogP contribution in [0.5, 0.6) is 0 Å². The Morgan fingerprint density at radius 1 is 1.14 bits per heavy atom. The minimum absolute atomic E-state index is 0.129. The van der Waals surface area contributed by atoms with Gasteiger partial charge in [0.15, 0.2) is 11.9 Å². The number of ether oxygens (including phenoxy) is 1. The third kappa shape index (κ3) is 5.64. The zero-order chi connectivity index (χ0) is 20.7. The Morgan fingerprint density at radius 3 is 2.43 bits per heavy atom. The number of anilines is 1. The summed E-state index contributed by atoms with van der Waals surface area (Å²) in [5.74, 6) is -1.58. The number of amides is 1. The summed E-state index contributed by atoms with van der Waals surface area (Å²) in [6.45, 7) is 4.76. The van der Waals surface area contributed by atoms with E-state index in [1.165, 1.54) is 26.0 Å². The molecule has 2 aromatic carbocycles. The Balaban J connectivity index is 2.04. The van der Waals surface area contributed by atoms with Crippen LogP contribution in [0.1, 0.15) is 35.3 Å². The van der Waals surface area contributed by atoms with Gasteiger partial charge in [0.1, 0.15) is 11.6 Å². The molecule has 0 saturated heterocycles. The van der Waals surface area contributed by atoms with E-state index in [1.54, 1.807) is 36.4 Å². The Hall–Kier alpha value is -3.72. The highest BCUT2D eigenvalue weighted by Gasteiger charge is 2.21. The predicted molar refractivity (Wildman–Crippen MR) is 105 cm³/mol. The summed E-state index contributed by atoms with van der Waals surface area (Å²) in [5, 5.41) is 11.8. The van der Waals surface area contributed by atoms with Gasteiger partial charge < -0.3 is 10.1 Å². The second-order valence-electron chi connectivity index (χ2n) is 6.25. The first-order valence-corrected chi connectivity index (χ1v) is 8.61. The van der Waals surface area contributed by atoms with Gasteiger partial charge in [-0.2, -0.15) is 5.26 Å². The number of rotatable bonds is 6. The van der Waals surface area contributed by atoms with Gasteiger partial charge in [0.25, 0.3) is 5.91 Å². The number of nitriles is 1. The van der Waals surface area contributed by atoms with Crippen LogP contribution in [0.25, 0.3) is 6.08 Å². The molecule has 0 fully saturated rings. The molecule has 0 heterocycles. The summed E-state index contributed by atoms with van der Waals surface area (Å²) in [5.41, 5.74) is 2.39. The number of carbonyl (C=O) groups excluding carboxylic acids is 3. The fourth-order valence-electron chi connectivity index (χ4n) is 2.30. The van der Waals surface area contributed by atoms with Gasteiger partial charge in [-0.1, -0.05) is 42.0 Å². The third-order valence-corrected chi connectivity index (χ3v) is 3.92. The molecule has 1 atom stereocenters. The summed E-state index contributed by atoms with van der Waals surface area (Å²) < 4.78 is 5.10. The second-order valence-corrected chi connectivity index (χ2v) is 6.25. The summed E-state index contributed by atoms with van der Waals surface area (Å²) >= 11 is 0. The van der Waals surface area contributed by atoms with E-state index >= 15 is 0 Å². The molecule has 0 aliphatic heterocycles. The first-order valence-electron chi connectivity index (χ1n) is 8.61. The van der Waals surface area contributed by atoms with Crippen molar-refractivity contribution in [3.05, 3.63) is 70.8 Å². The zero-order valence-electron chi connectivity index (χ0n) is 15.9. The van der Waals surface area contributed by atoms with Crippen LogP contribution in [-0.4, -0.2) is 23.8 Å². The van der Waals surface area contributed by atoms with Gasteiger partial charge in [-0.05, 0) is 44.5 Å². The van der Waals surface area contributed by atoms with Crippen molar-refractivity contribution in [2.45, 2.75) is 26.9 Å². The van der Waals surface area contributed by atoms with Crippen molar-refractivity contribution >= 4 is 29.4 Å². The lowest BCUT2D eigenvalue weighted by atomic mass is 10.1. The van der Waals surface area contributed by atoms with E-state index in [-0.39, 0.29) is 11.4 Å². The maximum Gasteiger partial charge on any atom is 0.349 e. The molecule has 0 aliphatic carbocycles. The lowest BCUT2D eigenvalue weighted by Crippen LogP contribution is -2.30. The Morgan fingerprint density at radius 2 is 1.82 bits per heavy atom. The molecular weight excluding hydrogens is 356 g/mol. The van der Waals surface area contributed by atoms with Gasteiger partial charge in [-0.3, -0.25) is 9.59 Å². The number of hydrogen-bond acceptors (Lipinski definition) is 5. The van der Waals surface area contributed by atoms with E-state index in [0.29, 0.717) is 16.8 Å². The van der Waals surface area contributed by atoms with Gasteiger partial charge in [0.05, 0.1) is 0 Å². The average molecular weight is 376 g/mol. The summed E-state index contributed by atoms with van der Waals surface area (Å²) in [7, 11) is 0. The van der Waals surface area contributed by atoms with Crippen LogP contribution in [0.15, 0.2) is 54.1 Å². The molecular formula is C22H20N2O4. The van der Waals surface area contributed by atoms with Crippen molar-refractivity contribution in [2.75, 3.05) is 5.32 Å². The highest BCUT2D eigenvalue weighted by atomic mass is 16.5. The average Bonchev–Trinajstić information content (AvgIpc) is 2.67. The van der Waals surface area contributed by atoms with Crippen molar-refractivity contribution in [2.24, 2.45) is 0 Å². The number of aryl methyl sites for hydroxylation is 1. The predicted octanol–water partition coefficient (Wildman–Crippen LogP) is 3.68. The van der Waals surface area contributed by atoms with E-state index < -0.39 is 18.0 Å². The van der Waals surface area contributed by atoms with Crippen molar-refractivity contribution in [1.82, 2.24) is 0 Å². The maximum atomic E-state index is 12.3. The normalized spacial score (nSPS) is 11.9. The van der Waals surface area contributed by atoms with Crippen LogP contribution < -0.4 is 5.32 Å². The fraction of sp³-hybridized carbons (Fsp3) is 0.182. The number of Topliss-reactive ketones (excluding diaryl/α,β-unsaturated/α-hetero) is 1. The minimum Gasteiger partial charge on any atom is -0.448 e. The van der Waals surface area contributed by atoms with E-state index in [0.717, 1.165) is 5.56 Å². The zero-order valence-corrected chi connectivity index (χ0v) is 15.9. The highest BCUT2D eigenvalue weighted by Crippen LogP contribution is 2.13. The SMILES string of the molecule is CC(=O)c1cccc(NC(=O)[C@H](C)OC(=O)/C(C#N)=C/c2ccc(C)cc2)c1. The molecule has 2 aromatic rings. The van der Waals surface area contributed by atoms with Gasteiger partial charge in [0, 0.05) is 11.3 Å². The number of nitrogens with zero attached hydrogens (tertiary/aromatic N) is 1. The molecule has 6 nitrogen and oxygen atoms in total. The molecule has 0 aliphatic rings. The summed E-state index contributed by atoms with van der Waals surface area (Å²) in [6, 6.07) is 15.5. The molecule has 0 saturated carbocycles. The largest absolute Gasteiger partial charge is 0.448 e. The minimum atomic E-state index is -1.12. The van der Waals surface area contributed by atoms with Crippen LogP contribution >= 0.6 is 0 Å². The molecule has 0 unspecified atom stereocenters. The maximum absolute atomic E-state index is 12.3. The van der Waals surface area contributed by atoms with E-state index in [9.17, 15) is 19.6 Å². The molecule has 0 spiro atoms. The van der Waals surface area contributed by atoms with Gasteiger partial charge in [-0.25, -0.2) is 4.79 Å². The lowest BCUT2D eigenvalue weighted by molar-refractivity contribution is -0.148. The number of nitrogens with one attached hydrogen (secondary N) is 1. The smallest absolute Gasteiger partial charge is 0.349 e. The Labute approximate surface area is 163 Å². The van der Waals surface area contributed by atoms with Gasteiger partial charge in [-0.15, -0.1) is 0 Å². The number of benzene rings is 2. The quantitative estimate of drug-likeness (QED) is 0.359. The molecule has 1 N–H and O–H groups in total. The van der Waals surface area contributed by atoms with Crippen molar-refractivity contribution in [1.29, 1.82) is 5.26 Å². The van der Waals surface area contributed by atoms with E-state index in [1.807, 2.05) is 19.1 Å². The number of carbonyl (C=O) groups is 3. The Kier molecular flexibility index (Phi) is 6.83. The van der Waals surface area contributed by atoms with Crippen molar-refractivity contribution < 1.29 is 19.1 Å². The van der Waals surface area contributed by atoms with Crippen molar-refractivity contribution in [3.8, 4) is 6.07 Å². The van der Waals surface area contributed by atoms with Crippen LogP contribution in [0.2, 0.25) is 0 Å². The second kappa shape index (κ2) is 9.28. The first-order chi connectivity index (χ1) is 13.3. The van der Waals surface area contributed by atoms with E-state index in [4.69, 9.17) is 4.74 Å². The molecule has 2 rings (SSSR count). The van der Waals surface area contributed by atoms with Crippen LogP contribution in [0.3, 0.4) is 0 Å². The van der Waals surface area contributed by atoms with Gasteiger partial charge in [0.2, 0.25) is 0 Å². The number of esters is 1. The van der Waals surface area contributed by atoms with Gasteiger partial charge >= 0.3 is 5.97 Å². The third-order valence-electron chi connectivity index (χ3n) is 3.92. The molecule has 0 bridgehead atoms. The van der Waals surface area contributed by atoms with Crippen LogP contribution in [0.4, 0.5) is 5.69 Å². The summed E-state index contributed by atoms with van der Waals surface area (Å²) in [6.07, 6.45) is 0.283. The molecule has 142 valence electrons. The Bertz CT molecular complexity index is 969. The summed E-state index contributed by atoms with van der Waals surface area (Å²) in [4.78, 5) is 35.9. The topological polar surface area (TPSA) is 96.3 Å². The standard InChI is InChI=1S/C22H20N2O4/c1-14-7-9-17(10-8-14)11-19(13-23)22(27)28-16(3)21(26)24-20-6-4-5-18(12-20)15(2)25/h4-12,16H,1-3H3,(H,24,26)/b19-11+/t16-/m0/s1. The van der Waals surface area contributed by atoms with Crippen LogP contribution in [0, 0.1) is 18.3 Å². The first kappa shape index (κ1) is 20.6. The molecule has 6 heteroatoms. The van der Waals surface area contributed by atoms with E-state index in [2.05, 4.69) is 5.32 Å². The van der Waals surface area contributed by atoms with Crippen LogP contribution in [-0.2, 0) is 14.3 Å². The van der Waals surface area contributed by atoms with Crippen molar-refractivity contribution in [3.63, 3.8) is 0 Å². The monoisotopic (exact) mass is 376 g/mol. The molecule has 0 aromatic heterocycles. The fourth-order valence-corrected chi connectivity index (χ4v) is 2.30. The lowest BCUT2D eigenvalue weighted by Gasteiger charge is -2.13. The highest BCUT2D eigenvalue weighted by molar-refractivity contribution is 6.01. The molecule has 1 amide bonds. The number of ketones is 1. The molecule has 0 radical (unpaired) electrons.